The number of benzene rings is 1. The molecule has 0 saturated heterocycles. The molecular formula is C17H19N5OS. The largest absolute Gasteiger partial charge is 0.318 e. The standard InChI is InChI=1S/C17H19N5OS/c1-11-7-5-6-8-15(11)22-12(2)9-14(13(22)3)16(23)10-24-17-18-19-20-21(17)4/h5-9H,10H2,1-4H3. The highest BCUT2D eigenvalue weighted by molar-refractivity contribution is 7.99. The number of thioether (sulfide) groups is 1. The molecule has 0 bridgehead atoms. The average molecular weight is 341 g/mol. The first kappa shape index (κ1) is 16.4. The van der Waals surface area contributed by atoms with Crippen molar-refractivity contribution in [2.45, 2.75) is 25.9 Å². The quantitative estimate of drug-likeness (QED) is 0.527. The van der Waals surface area contributed by atoms with Gasteiger partial charge in [-0.15, -0.1) is 5.10 Å². The number of tetrazole rings is 1. The molecule has 24 heavy (non-hydrogen) atoms. The van der Waals surface area contributed by atoms with Gasteiger partial charge in [0.15, 0.2) is 5.78 Å². The Balaban J connectivity index is 1.87. The Hall–Kier alpha value is -2.41. The number of carbonyl (C=O) groups excluding carboxylic acids is 1. The molecule has 0 unspecified atom stereocenters. The van der Waals surface area contributed by atoms with Gasteiger partial charge in [0.25, 0.3) is 0 Å². The van der Waals surface area contributed by atoms with E-state index in [0.717, 1.165) is 22.6 Å². The van der Waals surface area contributed by atoms with E-state index in [4.69, 9.17) is 0 Å². The fourth-order valence-corrected chi connectivity index (χ4v) is 3.51. The topological polar surface area (TPSA) is 65.6 Å². The van der Waals surface area contributed by atoms with Gasteiger partial charge in [0, 0.05) is 29.7 Å². The number of para-hydroxylation sites is 1. The lowest BCUT2D eigenvalue weighted by Gasteiger charge is -2.12. The summed E-state index contributed by atoms with van der Waals surface area (Å²) in [5, 5.41) is 11.9. The molecule has 0 aliphatic carbocycles. The highest BCUT2D eigenvalue weighted by Crippen LogP contribution is 2.25. The lowest BCUT2D eigenvalue weighted by Crippen LogP contribution is -2.07. The molecule has 1 aromatic carbocycles. The lowest BCUT2D eigenvalue weighted by atomic mass is 10.1. The SMILES string of the molecule is Cc1ccccc1-n1c(C)cc(C(=O)CSc2nnnn2C)c1C. The summed E-state index contributed by atoms with van der Waals surface area (Å²) >= 11 is 1.35. The molecule has 0 saturated carbocycles. The summed E-state index contributed by atoms with van der Waals surface area (Å²) in [5.74, 6) is 0.391. The van der Waals surface area contributed by atoms with Crippen LogP contribution in [0.3, 0.4) is 0 Å². The maximum atomic E-state index is 12.6. The van der Waals surface area contributed by atoms with Crippen LogP contribution in [0.4, 0.5) is 0 Å². The summed E-state index contributed by atoms with van der Waals surface area (Å²) in [5.41, 5.74) is 5.05. The van der Waals surface area contributed by atoms with Crippen molar-refractivity contribution in [3.63, 3.8) is 0 Å². The minimum atomic E-state index is 0.0796. The molecule has 0 aliphatic heterocycles. The molecule has 0 atom stereocenters. The monoisotopic (exact) mass is 341 g/mol. The van der Waals surface area contributed by atoms with E-state index in [0.29, 0.717) is 10.9 Å². The van der Waals surface area contributed by atoms with Crippen molar-refractivity contribution in [2.75, 3.05) is 5.75 Å². The van der Waals surface area contributed by atoms with E-state index in [1.54, 1.807) is 11.7 Å². The Morgan fingerprint density at radius 2 is 1.96 bits per heavy atom. The number of hydrogen-bond donors (Lipinski definition) is 0. The number of rotatable bonds is 5. The van der Waals surface area contributed by atoms with Crippen molar-refractivity contribution < 1.29 is 4.79 Å². The molecule has 124 valence electrons. The van der Waals surface area contributed by atoms with Crippen LogP contribution in [0.25, 0.3) is 5.69 Å². The zero-order valence-corrected chi connectivity index (χ0v) is 15.0. The van der Waals surface area contributed by atoms with Gasteiger partial charge in [-0.05, 0) is 48.9 Å². The van der Waals surface area contributed by atoms with Crippen LogP contribution >= 0.6 is 11.8 Å². The van der Waals surface area contributed by atoms with Gasteiger partial charge in [-0.25, -0.2) is 4.68 Å². The van der Waals surface area contributed by atoms with Crippen LogP contribution < -0.4 is 0 Å². The summed E-state index contributed by atoms with van der Waals surface area (Å²) in [6.45, 7) is 6.09. The summed E-state index contributed by atoms with van der Waals surface area (Å²) in [6.07, 6.45) is 0. The fourth-order valence-electron chi connectivity index (χ4n) is 2.78. The van der Waals surface area contributed by atoms with Crippen LogP contribution in [0, 0.1) is 20.8 Å². The Bertz CT molecular complexity index is 896. The van der Waals surface area contributed by atoms with Crippen LogP contribution in [-0.2, 0) is 7.05 Å². The first-order chi connectivity index (χ1) is 11.5. The minimum Gasteiger partial charge on any atom is -0.318 e. The van der Waals surface area contributed by atoms with Crippen molar-refractivity contribution in [1.29, 1.82) is 0 Å². The smallest absolute Gasteiger partial charge is 0.209 e. The maximum absolute atomic E-state index is 12.6. The molecule has 3 aromatic rings. The zero-order chi connectivity index (χ0) is 17.3. The van der Waals surface area contributed by atoms with E-state index in [1.165, 1.54) is 17.3 Å². The summed E-state index contributed by atoms with van der Waals surface area (Å²) < 4.78 is 3.70. The van der Waals surface area contributed by atoms with E-state index in [-0.39, 0.29) is 5.78 Å². The molecule has 3 rings (SSSR count). The molecule has 2 aromatic heterocycles. The van der Waals surface area contributed by atoms with Crippen molar-refractivity contribution in [3.05, 3.63) is 52.8 Å². The third-order valence-electron chi connectivity index (χ3n) is 4.00. The second kappa shape index (κ2) is 6.60. The molecule has 0 fully saturated rings. The third kappa shape index (κ3) is 2.99. The molecule has 2 heterocycles. The van der Waals surface area contributed by atoms with Crippen molar-refractivity contribution in [2.24, 2.45) is 7.05 Å². The lowest BCUT2D eigenvalue weighted by molar-refractivity contribution is 0.102. The maximum Gasteiger partial charge on any atom is 0.209 e. The molecule has 0 amide bonds. The molecule has 7 heteroatoms. The average Bonchev–Trinajstić information content (AvgIpc) is 3.09. The van der Waals surface area contributed by atoms with E-state index in [2.05, 4.69) is 39.1 Å². The zero-order valence-electron chi connectivity index (χ0n) is 14.1. The number of hydrogen-bond acceptors (Lipinski definition) is 5. The van der Waals surface area contributed by atoms with Crippen molar-refractivity contribution in [1.82, 2.24) is 24.8 Å². The van der Waals surface area contributed by atoms with Crippen LogP contribution in [0.5, 0.6) is 0 Å². The predicted molar refractivity (Wildman–Crippen MR) is 93.8 cm³/mol. The van der Waals surface area contributed by atoms with Crippen LogP contribution in [0.15, 0.2) is 35.5 Å². The van der Waals surface area contributed by atoms with Crippen LogP contribution in [-0.4, -0.2) is 36.3 Å². The summed E-state index contributed by atoms with van der Waals surface area (Å²) in [4.78, 5) is 12.6. The Labute approximate surface area is 144 Å². The van der Waals surface area contributed by atoms with E-state index in [9.17, 15) is 4.79 Å². The molecule has 0 radical (unpaired) electrons. The number of aromatic nitrogens is 5. The van der Waals surface area contributed by atoms with E-state index >= 15 is 0 Å². The van der Waals surface area contributed by atoms with Crippen molar-refractivity contribution in [3.8, 4) is 5.69 Å². The second-order valence-electron chi connectivity index (χ2n) is 5.70. The third-order valence-corrected chi connectivity index (χ3v) is 5.01. The van der Waals surface area contributed by atoms with Gasteiger partial charge in [-0.1, -0.05) is 30.0 Å². The summed E-state index contributed by atoms with van der Waals surface area (Å²) in [7, 11) is 1.76. The molecular weight excluding hydrogens is 322 g/mol. The number of carbonyl (C=O) groups is 1. The van der Waals surface area contributed by atoms with Gasteiger partial charge in [0.2, 0.25) is 5.16 Å². The van der Waals surface area contributed by atoms with Gasteiger partial charge < -0.3 is 4.57 Å². The molecule has 0 spiro atoms. The minimum absolute atomic E-state index is 0.0796. The molecule has 0 N–H and O–H groups in total. The predicted octanol–water partition coefficient (Wildman–Crippen LogP) is 2.90. The Morgan fingerprint density at radius 1 is 1.21 bits per heavy atom. The number of aryl methyl sites for hydroxylation is 3. The molecule has 0 aliphatic rings. The van der Waals surface area contributed by atoms with Gasteiger partial charge in [-0.3, -0.25) is 4.79 Å². The first-order valence-electron chi connectivity index (χ1n) is 7.62. The van der Waals surface area contributed by atoms with Gasteiger partial charge in [0.05, 0.1) is 5.75 Å². The fraction of sp³-hybridized carbons (Fsp3) is 0.294. The highest BCUT2D eigenvalue weighted by atomic mass is 32.2. The van der Waals surface area contributed by atoms with Crippen LogP contribution in [0.1, 0.15) is 27.3 Å². The molecule has 6 nitrogen and oxygen atoms in total. The van der Waals surface area contributed by atoms with Gasteiger partial charge in [0.1, 0.15) is 0 Å². The van der Waals surface area contributed by atoms with Crippen molar-refractivity contribution >= 4 is 17.5 Å². The Kier molecular flexibility index (Phi) is 4.53. The number of nitrogens with zero attached hydrogens (tertiary/aromatic N) is 5. The number of ketones is 1. The summed E-state index contributed by atoms with van der Waals surface area (Å²) in [6, 6.07) is 10.1. The van der Waals surface area contributed by atoms with Gasteiger partial charge >= 0.3 is 0 Å². The normalized spacial score (nSPS) is 11.0. The highest BCUT2D eigenvalue weighted by Gasteiger charge is 2.18. The van der Waals surface area contributed by atoms with Gasteiger partial charge in [-0.2, -0.15) is 0 Å². The second-order valence-corrected chi connectivity index (χ2v) is 6.65. The van der Waals surface area contributed by atoms with Crippen LogP contribution in [0.2, 0.25) is 0 Å². The van der Waals surface area contributed by atoms with E-state index in [1.807, 2.05) is 32.0 Å². The number of Topliss-reactive ketones (excluding diaryl/α,β-unsaturated/α-hetero) is 1. The Morgan fingerprint density at radius 3 is 2.62 bits per heavy atom. The van der Waals surface area contributed by atoms with E-state index < -0.39 is 0 Å². The first-order valence-corrected chi connectivity index (χ1v) is 8.61.